The Labute approximate surface area is 182 Å². The van der Waals surface area contributed by atoms with E-state index in [2.05, 4.69) is 9.88 Å². The first-order chi connectivity index (χ1) is 12.4. The second-order valence-electron chi connectivity index (χ2n) is 6.39. The van der Waals surface area contributed by atoms with Gasteiger partial charge in [0.2, 0.25) is 5.89 Å². The van der Waals surface area contributed by atoms with Crippen LogP contribution in [0.2, 0.25) is 5.02 Å². The van der Waals surface area contributed by atoms with Gasteiger partial charge in [-0.05, 0) is 19.9 Å². The Morgan fingerprint density at radius 3 is 2.43 bits per heavy atom. The van der Waals surface area contributed by atoms with Crippen molar-refractivity contribution < 1.29 is 13.9 Å². The molecule has 2 aromatic rings. The lowest BCUT2D eigenvalue weighted by Crippen LogP contribution is -2.48. The number of nitrogens with zero attached hydrogens (tertiary/aromatic N) is 3. The number of hydrogen-bond acceptors (Lipinski definition) is 6. The lowest BCUT2D eigenvalue weighted by molar-refractivity contribution is 0.0614. The smallest absolute Gasteiger partial charge is 0.257 e. The maximum atomic E-state index is 12.9. The first kappa shape index (κ1) is 24.4. The molecule has 0 unspecified atom stereocenters. The van der Waals surface area contributed by atoms with Crippen molar-refractivity contribution in [2.24, 2.45) is 0 Å². The van der Waals surface area contributed by atoms with Gasteiger partial charge < -0.3 is 19.8 Å². The number of carbonyl (C=O) groups excluding carboxylic acids is 1. The minimum Gasteiger partial charge on any atom is -0.496 e. The maximum Gasteiger partial charge on any atom is 0.257 e. The summed E-state index contributed by atoms with van der Waals surface area (Å²) in [5.41, 5.74) is 7.53. The third-order valence-corrected chi connectivity index (χ3v) is 4.97. The molecule has 0 saturated carbocycles. The monoisotopic (exact) mass is 450 g/mol. The van der Waals surface area contributed by atoms with Crippen LogP contribution in [-0.4, -0.2) is 54.0 Å². The number of halogens is 3. The molecule has 1 aromatic carbocycles. The zero-order valence-electron chi connectivity index (χ0n) is 16.0. The van der Waals surface area contributed by atoms with Crippen LogP contribution in [0.25, 0.3) is 0 Å². The molecule has 0 spiro atoms. The number of amides is 1. The molecule has 156 valence electrons. The van der Waals surface area contributed by atoms with E-state index in [0.29, 0.717) is 47.5 Å². The first-order valence-electron chi connectivity index (χ1n) is 8.46. The fourth-order valence-corrected chi connectivity index (χ4v) is 3.15. The van der Waals surface area contributed by atoms with E-state index < -0.39 is 0 Å². The van der Waals surface area contributed by atoms with Crippen molar-refractivity contribution in [3.05, 3.63) is 40.1 Å². The van der Waals surface area contributed by atoms with Crippen molar-refractivity contribution in [2.45, 2.75) is 20.4 Å². The number of benzene rings is 1. The second-order valence-corrected chi connectivity index (χ2v) is 6.80. The lowest BCUT2D eigenvalue weighted by Gasteiger charge is -2.34. The van der Waals surface area contributed by atoms with Crippen LogP contribution in [-0.2, 0) is 6.54 Å². The predicted octanol–water partition coefficient (Wildman–Crippen LogP) is 3.34. The van der Waals surface area contributed by atoms with E-state index in [0.717, 1.165) is 24.5 Å². The Hall–Kier alpha value is -1.67. The number of nitrogen functional groups attached to an aromatic ring is 1. The average Bonchev–Trinajstić information content (AvgIpc) is 2.94. The Bertz CT molecular complexity index is 801. The van der Waals surface area contributed by atoms with E-state index >= 15 is 0 Å². The lowest BCUT2D eigenvalue weighted by atomic mass is 10.1. The Morgan fingerprint density at radius 1 is 1.25 bits per heavy atom. The maximum absolute atomic E-state index is 12.9. The second kappa shape index (κ2) is 10.2. The van der Waals surface area contributed by atoms with Gasteiger partial charge >= 0.3 is 0 Å². The van der Waals surface area contributed by atoms with E-state index in [-0.39, 0.29) is 30.7 Å². The molecule has 10 heteroatoms. The largest absolute Gasteiger partial charge is 0.496 e. The molecule has 28 heavy (non-hydrogen) atoms. The van der Waals surface area contributed by atoms with Crippen LogP contribution in [0.15, 0.2) is 16.5 Å². The summed E-state index contributed by atoms with van der Waals surface area (Å²) in [5.74, 6) is 1.89. The number of nitrogens with two attached hydrogens (primary N) is 1. The van der Waals surface area contributed by atoms with Crippen molar-refractivity contribution in [1.82, 2.24) is 14.8 Å². The summed E-state index contributed by atoms with van der Waals surface area (Å²) in [4.78, 5) is 21.3. The van der Waals surface area contributed by atoms with Gasteiger partial charge in [-0.1, -0.05) is 11.6 Å². The number of methoxy groups -OCH3 is 1. The molecule has 0 aliphatic carbocycles. The average molecular weight is 452 g/mol. The summed E-state index contributed by atoms with van der Waals surface area (Å²) < 4.78 is 10.9. The van der Waals surface area contributed by atoms with E-state index in [9.17, 15) is 4.79 Å². The van der Waals surface area contributed by atoms with Crippen molar-refractivity contribution in [1.29, 1.82) is 0 Å². The standard InChI is InChI=1S/C18H23ClN4O3.2ClH/c1-11-12(2)26-17(21-11)10-22-4-6-23(7-5-22)18(24)13-8-14(19)15(20)9-16(13)25-3;;/h8-9H,4-7,10,20H2,1-3H3;2*1H. The normalized spacial score (nSPS) is 14.2. The molecular formula is C18H25Cl3N4O3. The van der Waals surface area contributed by atoms with Gasteiger partial charge in [0.1, 0.15) is 11.5 Å². The number of rotatable bonds is 4. The van der Waals surface area contributed by atoms with Gasteiger partial charge in [-0.3, -0.25) is 9.69 Å². The molecular weight excluding hydrogens is 427 g/mol. The van der Waals surface area contributed by atoms with Crippen LogP contribution in [0, 0.1) is 13.8 Å². The third-order valence-electron chi connectivity index (χ3n) is 4.64. The van der Waals surface area contributed by atoms with Gasteiger partial charge in [0.25, 0.3) is 5.91 Å². The summed E-state index contributed by atoms with van der Waals surface area (Å²) in [7, 11) is 1.51. The summed E-state index contributed by atoms with van der Waals surface area (Å²) in [6.07, 6.45) is 0. The van der Waals surface area contributed by atoms with Crippen LogP contribution in [0.1, 0.15) is 27.7 Å². The first-order valence-corrected chi connectivity index (χ1v) is 8.84. The summed E-state index contributed by atoms with van der Waals surface area (Å²) in [6, 6.07) is 3.15. The molecule has 1 fully saturated rings. The van der Waals surface area contributed by atoms with Crippen molar-refractivity contribution in [3.63, 3.8) is 0 Å². The third kappa shape index (κ3) is 5.23. The van der Waals surface area contributed by atoms with Crippen LogP contribution in [0.4, 0.5) is 5.69 Å². The number of piperazine rings is 1. The van der Waals surface area contributed by atoms with Gasteiger partial charge in [-0.25, -0.2) is 4.98 Å². The zero-order valence-corrected chi connectivity index (χ0v) is 18.4. The Kier molecular flexibility index (Phi) is 8.88. The fraction of sp³-hybridized carbons (Fsp3) is 0.444. The number of carbonyl (C=O) groups is 1. The number of aromatic nitrogens is 1. The molecule has 3 rings (SSSR count). The topological polar surface area (TPSA) is 84.8 Å². The fourth-order valence-electron chi connectivity index (χ4n) is 2.98. The molecule has 0 radical (unpaired) electrons. The number of hydrogen-bond donors (Lipinski definition) is 1. The molecule has 1 aliphatic rings. The Morgan fingerprint density at radius 2 is 1.89 bits per heavy atom. The molecule has 1 saturated heterocycles. The highest BCUT2D eigenvalue weighted by Gasteiger charge is 2.26. The predicted molar refractivity (Wildman–Crippen MR) is 114 cm³/mol. The van der Waals surface area contributed by atoms with Gasteiger partial charge in [-0.2, -0.15) is 0 Å². The summed E-state index contributed by atoms with van der Waals surface area (Å²) in [6.45, 7) is 7.21. The molecule has 0 atom stereocenters. The number of oxazole rings is 1. The molecule has 1 amide bonds. The zero-order chi connectivity index (χ0) is 18.8. The quantitative estimate of drug-likeness (QED) is 0.718. The molecule has 0 bridgehead atoms. The molecule has 1 aliphatic heterocycles. The van der Waals surface area contributed by atoms with Gasteiger partial charge in [0.05, 0.1) is 35.6 Å². The van der Waals surface area contributed by atoms with Crippen LogP contribution < -0.4 is 10.5 Å². The number of anilines is 1. The molecule has 2 N–H and O–H groups in total. The molecule has 1 aromatic heterocycles. The van der Waals surface area contributed by atoms with Gasteiger partial charge in [0, 0.05) is 32.2 Å². The summed E-state index contributed by atoms with van der Waals surface area (Å²) >= 11 is 6.08. The van der Waals surface area contributed by atoms with Crippen molar-refractivity contribution in [3.8, 4) is 5.75 Å². The highest BCUT2D eigenvalue weighted by atomic mass is 35.5. The SMILES string of the molecule is COc1cc(N)c(Cl)cc1C(=O)N1CCN(Cc2nc(C)c(C)o2)CC1.Cl.Cl. The highest BCUT2D eigenvalue weighted by Crippen LogP contribution is 2.30. The van der Waals surface area contributed by atoms with Crippen molar-refractivity contribution in [2.75, 3.05) is 39.0 Å². The van der Waals surface area contributed by atoms with Crippen LogP contribution >= 0.6 is 36.4 Å². The molecule has 7 nitrogen and oxygen atoms in total. The van der Waals surface area contributed by atoms with Gasteiger partial charge in [0.15, 0.2) is 0 Å². The minimum atomic E-state index is -0.105. The van der Waals surface area contributed by atoms with Crippen LogP contribution in [0.5, 0.6) is 5.75 Å². The minimum absolute atomic E-state index is 0. The number of ether oxygens (including phenoxy) is 1. The van der Waals surface area contributed by atoms with Crippen LogP contribution in [0.3, 0.4) is 0 Å². The van der Waals surface area contributed by atoms with E-state index in [4.69, 9.17) is 26.5 Å². The van der Waals surface area contributed by atoms with E-state index in [1.807, 2.05) is 13.8 Å². The number of aryl methyl sites for hydroxylation is 2. The highest BCUT2D eigenvalue weighted by molar-refractivity contribution is 6.33. The van der Waals surface area contributed by atoms with E-state index in [1.165, 1.54) is 7.11 Å². The van der Waals surface area contributed by atoms with Gasteiger partial charge in [-0.15, -0.1) is 24.8 Å². The molecule has 2 heterocycles. The summed E-state index contributed by atoms with van der Waals surface area (Å²) in [5, 5.41) is 0.349. The van der Waals surface area contributed by atoms with E-state index in [1.54, 1.807) is 17.0 Å². The van der Waals surface area contributed by atoms with Crippen molar-refractivity contribution >= 4 is 48.0 Å². The Balaban J connectivity index is 0.00000196.